The quantitative estimate of drug-likeness (QED) is 0.608. The molecule has 172 valence electrons. The van der Waals surface area contributed by atoms with Crippen LogP contribution in [0, 0.1) is 19.8 Å². The number of nitrogens with zero attached hydrogens (tertiary/aromatic N) is 5. The van der Waals surface area contributed by atoms with E-state index in [4.69, 9.17) is 4.98 Å². The highest BCUT2D eigenvalue weighted by atomic mass is 16.1. The van der Waals surface area contributed by atoms with Crippen molar-refractivity contribution in [3.8, 4) is 0 Å². The summed E-state index contributed by atoms with van der Waals surface area (Å²) in [5, 5.41) is 0. The third-order valence-electron chi connectivity index (χ3n) is 7.18. The lowest BCUT2D eigenvalue weighted by Gasteiger charge is -2.42. The molecule has 1 aromatic carbocycles. The zero-order chi connectivity index (χ0) is 23.3. The number of rotatable bonds is 3. The maximum atomic E-state index is 13.1. The highest BCUT2D eigenvalue weighted by Gasteiger charge is 2.27. The molecule has 3 heterocycles. The van der Waals surface area contributed by atoms with Gasteiger partial charge in [0.05, 0.1) is 17.1 Å². The molecule has 6 nitrogen and oxygen atoms in total. The number of hydrogen-bond donors (Lipinski definition) is 0. The molecule has 0 radical (unpaired) electrons. The van der Waals surface area contributed by atoms with Crippen LogP contribution >= 0.6 is 0 Å². The number of piperazine rings is 1. The van der Waals surface area contributed by atoms with Gasteiger partial charge in [-0.15, -0.1) is 0 Å². The van der Waals surface area contributed by atoms with E-state index in [2.05, 4.69) is 53.9 Å². The van der Waals surface area contributed by atoms with Gasteiger partial charge in [-0.1, -0.05) is 19.9 Å². The summed E-state index contributed by atoms with van der Waals surface area (Å²) in [5.41, 5.74) is 7.67. The van der Waals surface area contributed by atoms with Gasteiger partial charge in [0.2, 0.25) is 0 Å². The predicted molar refractivity (Wildman–Crippen MR) is 134 cm³/mol. The van der Waals surface area contributed by atoms with E-state index in [9.17, 15) is 4.79 Å². The molecule has 1 fully saturated rings. The Morgan fingerprint density at radius 1 is 1.06 bits per heavy atom. The molecular weight excluding hydrogens is 410 g/mol. The van der Waals surface area contributed by atoms with E-state index in [-0.39, 0.29) is 5.78 Å². The minimum Gasteiger partial charge on any atom is -0.369 e. The first-order valence-electron chi connectivity index (χ1n) is 12.0. The molecule has 6 heteroatoms. The maximum absolute atomic E-state index is 13.1. The van der Waals surface area contributed by atoms with Crippen molar-refractivity contribution in [2.75, 3.05) is 31.6 Å². The summed E-state index contributed by atoms with van der Waals surface area (Å²) in [4.78, 5) is 27.4. The number of allylic oxidation sites excluding steroid dienone is 1. The van der Waals surface area contributed by atoms with Gasteiger partial charge in [-0.2, -0.15) is 0 Å². The molecular formula is C27H33N5O. The second-order valence-corrected chi connectivity index (χ2v) is 9.93. The lowest BCUT2D eigenvalue weighted by molar-refractivity contribution is -0.113. The number of imidazole rings is 1. The molecule has 0 amide bonds. The number of aromatic nitrogens is 3. The molecule has 1 aliphatic heterocycles. The second-order valence-electron chi connectivity index (χ2n) is 9.93. The molecule has 0 bridgehead atoms. The Kier molecular flexibility index (Phi) is 5.57. The fourth-order valence-corrected chi connectivity index (χ4v) is 5.27. The van der Waals surface area contributed by atoms with E-state index in [1.807, 2.05) is 36.7 Å². The third kappa shape index (κ3) is 4.08. The van der Waals surface area contributed by atoms with E-state index in [0.29, 0.717) is 24.0 Å². The molecule has 0 saturated carbocycles. The van der Waals surface area contributed by atoms with Crippen molar-refractivity contribution >= 4 is 28.8 Å². The number of ketones is 1. The lowest BCUT2D eigenvalue weighted by Crippen LogP contribution is -2.53. The first-order valence-corrected chi connectivity index (χ1v) is 12.0. The van der Waals surface area contributed by atoms with Crippen LogP contribution in [0.5, 0.6) is 0 Å². The number of fused-ring (bicyclic) bond motifs is 2. The third-order valence-corrected chi connectivity index (χ3v) is 7.18. The number of carbonyl (C=O) groups excluding carboxylic acids is 1. The van der Waals surface area contributed by atoms with E-state index in [1.165, 1.54) is 11.3 Å². The minimum absolute atomic E-state index is 0.151. The summed E-state index contributed by atoms with van der Waals surface area (Å²) in [7, 11) is 2.23. The van der Waals surface area contributed by atoms with Crippen LogP contribution in [0.3, 0.4) is 0 Å². The van der Waals surface area contributed by atoms with Crippen LogP contribution in [0.15, 0.2) is 30.6 Å². The fourth-order valence-electron chi connectivity index (χ4n) is 5.27. The van der Waals surface area contributed by atoms with Crippen LogP contribution in [0.25, 0.3) is 17.3 Å². The van der Waals surface area contributed by atoms with Gasteiger partial charge in [-0.25, -0.2) is 4.98 Å². The van der Waals surface area contributed by atoms with E-state index < -0.39 is 0 Å². The van der Waals surface area contributed by atoms with Crippen LogP contribution < -0.4 is 4.90 Å². The largest absolute Gasteiger partial charge is 0.369 e. The summed E-state index contributed by atoms with van der Waals surface area (Å²) in [6, 6.07) is 7.25. The average Bonchev–Trinajstić information content (AvgIpc) is 3.12. The predicted octanol–water partition coefficient (Wildman–Crippen LogP) is 4.18. The van der Waals surface area contributed by atoms with Crippen molar-refractivity contribution < 1.29 is 4.79 Å². The van der Waals surface area contributed by atoms with Gasteiger partial charge in [-0.3, -0.25) is 14.7 Å². The first kappa shape index (κ1) is 21.8. The topological polar surface area (TPSA) is 53.7 Å². The van der Waals surface area contributed by atoms with Crippen molar-refractivity contribution in [1.82, 2.24) is 19.3 Å². The smallest absolute Gasteiger partial charge is 0.165 e. The number of benzene rings is 1. The fraction of sp³-hybridized carbons (Fsp3) is 0.444. The summed E-state index contributed by atoms with van der Waals surface area (Å²) < 4.78 is 1.98. The van der Waals surface area contributed by atoms with Crippen molar-refractivity contribution in [1.29, 1.82) is 0 Å². The lowest BCUT2D eigenvalue weighted by atomic mass is 9.98. The Bertz CT molecular complexity index is 1250. The Morgan fingerprint density at radius 3 is 2.67 bits per heavy atom. The van der Waals surface area contributed by atoms with Crippen LogP contribution in [-0.4, -0.2) is 57.8 Å². The van der Waals surface area contributed by atoms with Crippen molar-refractivity contribution in [3.05, 3.63) is 58.8 Å². The molecule has 0 unspecified atom stereocenters. The highest BCUT2D eigenvalue weighted by molar-refractivity contribution is 6.25. The minimum atomic E-state index is 0.151. The van der Waals surface area contributed by atoms with Crippen LogP contribution in [0.1, 0.15) is 48.5 Å². The van der Waals surface area contributed by atoms with Gasteiger partial charge in [0.1, 0.15) is 0 Å². The van der Waals surface area contributed by atoms with E-state index in [0.717, 1.165) is 54.3 Å². The summed E-state index contributed by atoms with van der Waals surface area (Å²) in [6.45, 7) is 11.7. The number of likely N-dealkylation sites (N-methyl/N-ethyl adjacent to an activating group) is 1. The highest BCUT2D eigenvalue weighted by Crippen LogP contribution is 2.31. The van der Waals surface area contributed by atoms with Gasteiger partial charge in [0, 0.05) is 55.8 Å². The number of anilines is 1. The molecule has 33 heavy (non-hydrogen) atoms. The van der Waals surface area contributed by atoms with Gasteiger partial charge in [0.15, 0.2) is 11.4 Å². The second kappa shape index (κ2) is 8.41. The Labute approximate surface area is 196 Å². The Morgan fingerprint density at radius 2 is 1.88 bits per heavy atom. The monoisotopic (exact) mass is 443 g/mol. The molecule has 1 saturated heterocycles. The molecule has 2 aliphatic rings. The number of Topliss-reactive ketones (excluding diaryl/α,β-unsaturated/α-hetero) is 1. The van der Waals surface area contributed by atoms with Crippen molar-refractivity contribution in [2.45, 2.75) is 46.6 Å². The molecule has 2 aromatic heterocycles. The molecule has 5 rings (SSSR count). The van der Waals surface area contributed by atoms with Crippen molar-refractivity contribution in [2.24, 2.45) is 5.92 Å². The van der Waals surface area contributed by atoms with Gasteiger partial charge in [-0.05, 0) is 62.6 Å². The zero-order valence-electron chi connectivity index (χ0n) is 20.3. The first-order chi connectivity index (χ1) is 15.8. The number of carbonyl (C=O) groups is 1. The molecule has 0 N–H and O–H groups in total. The van der Waals surface area contributed by atoms with Gasteiger partial charge >= 0.3 is 0 Å². The van der Waals surface area contributed by atoms with Crippen LogP contribution in [0.2, 0.25) is 0 Å². The Hall–Kier alpha value is -2.99. The summed E-state index contributed by atoms with van der Waals surface area (Å²) in [5.74, 6) is 0.771. The maximum Gasteiger partial charge on any atom is 0.165 e. The average molecular weight is 444 g/mol. The molecule has 1 atom stereocenters. The standard InChI is InChI=1S/C27H33N5O/c1-17(2)25-16-31(11-10-30(25)5)22-8-6-21-13-23(26(33)9-7-20(21)12-22)24-15-32-14-18(3)28-19(4)27(32)29-24/h6,8,12-15,17,25H,7,9-11,16H2,1-5H3/t25-/m1/s1. The molecule has 0 spiro atoms. The number of aryl methyl sites for hydroxylation is 3. The van der Waals surface area contributed by atoms with E-state index >= 15 is 0 Å². The van der Waals surface area contributed by atoms with Gasteiger partial charge in [0.25, 0.3) is 0 Å². The normalized spacial score (nSPS) is 19.7. The summed E-state index contributed by atoms with van der Waals surface area (Å²) in [6.07, 6.45) is 7.21. The SMILES string of the molecule is Cc1cn2cc(C3=Cc4ccc(N5CCN(C)[C@@H](C(C)C)C5)cc4CCC3=O)nc2c(C)n1. The van der Waals surface area contributed by atoms with E-state index in [1.54, 1.807) is 0 Å². The van der Waals surface area contributed by atoms with Gasteiger partial charge < -0.3 is 9.30 Å². The zero-order valence-corrected chi connectivity index (χ0v) is 20.3. The molecule has 3 aromatic rings. The van der Waals surface area contributed by atoms with Crippen molar-refractivity contribution in [3.63, 3.8) is 0 Å². The number of hydrogen-bond acceptors (Lipinski definition) is 5. The van der Waals surface area contributed by atoms with Crippen LogP contribution in [-0.2, 0) is 11.2 Å². The molecule has 1 aliphatic carbocycles. The Balaban J connectivity index is 1.48. The summed E-state index contributed by atoms with van der Waals surface area (Å²) >= 11 is 0. The van der Waals surface area contributed by atoms with Crippen LogP contribution in [0.4, 0.5) is 5.69 Å².